The molecular formula is C64H84N4O2. The first-order valence-electron chi connectivity index (χ1n) is 27.7. The number of aryl methyl sites for hydroxylation is 3. The van der Waals surface area contributed by atoms with Gasteiger partial charge in [-0.25, -0.2) is 0 Å². The summed E-state index contributed by atoms with van der Waals surface area (Å²) in [7, 11) is 2.15. The van der Waals surface area contributed by atoms with Crippen molar-refractivity contribution in [3.63, 3.8) is 0 Å². The van der Waals surface area contributed by atoms with E-state index in [1.54, 1.807) is 0 Å². The molecule has 2 amide bonds. The molecule has 0 aromatic heterocycles. The molecule has 2 aliphatic rings. The molecule has 70 heavy (non-hydrogen) atoms. The molecule has 372 valence electrons. The monoisotopic (exact) mass is 941 g/mol. The molecule has 0 unspecified atom stereocenters. The fourth-order valence-electron chi connectivity index (χ4n) is 10.5. The summed E-state index contributed by atoms with van der Waals surface area (Å²) >= 11 is 0. The maximum Gasteiger partial charge on any atom is 0.259 e. The highest BCUT2D eigenvalue weighted by Gasteiger charge is 2.42. The van der Waals surface area contributed by atoms with Crippen LogP contribution in [0.25, 0.3) is 11.1 Å². The third-order valence-corrected chi connectivity index (χ3v) is 14.8. The van der Waals surface area contributed by atoms with Crippen LogP contribution in [-0.4, -0.2) is 32.0 Å². The van der Waals surface area contributed by atoms with Gasteiger partial charge in [-0.3, -0.25) is 9.59 Å². The number of hydrogen-bond acceptors (Lipinski definition) is 4. The highest BCUT2D eigenvalue weighted by Crippen LogP contribution is 2.49. The third-order valence-electron chi connectivity index (χ3n) is 14.8. The van der Waals surface area contributed by atoms with Crippen molar-refractivity contribution in [3.8, 4) is 0 Å². The second-order valence-electron chi connectivity index (χ2n) is 20.3. The molecular weight excluding hydrogens is 857 g/mol. The Bertz CT molecular complexity index is 2470. The first-order chi connectivity index (χ1) is 34.3. The van der Waals surface area contributed by atoms with Gasteiger partial charge in [0.05, 0.1) is 22.5 Å². The van der Waals surface area contributed by atoms with E-state index in [0.717, 1.165) is 115 Å². The van der Waals surface area contributed by atoms with Crippen LogP contribution in [0.3, 0.4) is 0 Å². The predicted octanol–water partition coefficient (Wildman–Crippen LogP) is 17.8. The van der Waals surface area contributed by atoms with Crippen LogP contribution in [0.2, 0.25) is 0 Å². The van der Waals surface area contributed by atoms with Gasteiger partial charge < -0.3 is 19.6 Å². The average Bonchev–Trinajstić information content (AvgIpc) is 3.80. The van der Waals surface area contributed by atoms with Crippen molar-refractivity contribution in [3.05, 3.63) is 137 Å². The number of anilines is 7. The SMILES string of the molecule is CCCCCCCCc1ccc(N(C)c2ccc(N(c3ccc(CCCCCCCC)cc3)c3ccc4c(c3)N(CCCCCC)C(=O)/C4=C3/C(=O)N(CCCCCC)c4cc(C)ccc43)cc2)cc1. The van der Waals surface area contributed by atoms with Crippen LogP contribution in [0.5, 0.6) is 0 Å². The van der Waals surface area contributed by atoms with E-state index >= 15 is 4.79 Å². The summed E-state index contributed by atoms with van der Waals surface area (Å²) in [4.78, 5) is 38.3. The standard InChI is InChI=1S/C64H84N4O2/c1-7-11-15-19-21-23-27-50-30-34-52(35-31-50)65(6)53-38-40-55(41-39-53)68(54-36-32-51(33-37-54)28-24-22-20-16-12-8-2)56-42-44-58-60(48-56)67(46-26-18-14-10-4)64(70)62(58)61-57-43-29-49(5)47-59(57)66(63(61)69)45-25-17-13-9-3/h29-44,47-48H,7-28,45-46H2,1-6H3/b62-61+. The molecule has 2 aliphatic heterocycles. The van der Waals surface area contributed by atoms with Crippen molar-refractivity contribution < 1.29 is 9.59 Å². The van der Waals surface area contributed by atoms with Gasteiger partial charge in [0, 0.05) is 59.7 Å². The van der Waals surface area contributed by atoms with E-state index in [-0.39, 0.29) is 11.8 Å². The Morgan fingerprint density at radius 1 is 0.386 bits per heavy atom. The van der Waals surface area contributed by atoms with Gasteiger partial charge >= 0.3 is 0 Å². The van der Waals surface area contributed by atoms with Gasteiger partial charge in [0.2, 0.25) is 0 Å². The lowest BCUT2D eigenvalue weighted by atomic mass is 9.95. The highest BCUT2D eigenvalue weighted by molar-refractivity contribution is 6.50. The predicted molar refractivity (Wildman–Crippen MR) is 301 cm³/mol. The summed E-state index contributed by atoms with van der Waals surface area (Å²) in [6.07, 6.45) is 26.3. The molecule has 0 bridgehead atoms. The van der Waals surface area contributed by atoms with Crippen molar-refractivity contribution in [1.82, 2.24) is 0 Å². The maximum atomic E-state index is 15.1. The quantitative estimate of drug-likeness (QED) is 0.0354. The van der Waals surface area contributed by atoms with Crippen LogP contribution in [0.15, 0.2) is 109 Å². The molecule has 5 aromatic rings. The number of rotatable bonds is 29. The summed E-state index contributed by atoms with van der Waals surface area (Å²) < 4.78 is 0. The third kappa shape index (κ3) is 13.0. The molecule has 0 radical (unpaired) electrons. The van der Waals surface area contributed by atoms with Gasteiger partial charge in [-0.05, 0) is 135 Å². The van der Waals surface area contributed by atoms with E-state index in [2.05, 4.69) is 161 Å². The molecule has 7 rings (SSSR count). The Balaban J connectivity index is 1.23. The minimum absolute atomic E-state index is 0.0554. The van der Waals surface area contributed by atoms with Crippen LogP contribution in [0.4, 0.5) is 39.8 Å². The second kappa shape index (κ2) is 26.6. The summed E-state index contributed by atoms with van der Waals surface area (Å²) in [5.41, 5.74) is 13.9. The Morgan fingerprint density at radius 3 is 1.21 bits per heavy atom. The lowest BCUT2D eigenvalue weighted by molar-refractivity contribution is -0.114. The van der Waals surface area contributed by atoms with Crippen LogP contribution < -0.4 is 19.6 Å². The Morgan fingerprint density at radius 2 is 0.743 bits per heavy atom. The van der Waals surface area contributed by atoms with Crippen molar-refractivity contribution in [2.75, 3.05) is 39.7 Å². The first kappa shape index (κ1) is 52.2. The van der Waals surface area contributed by atoms with Crippen molar-refractivity contribution in [1.29, 1.82) is 0 Å². The minimum atomic E-state index is -0.0696. The van der Waals surface area contributed by atoms with E-state index in [4.69, 9.17) is 0 Å². The van der Waals surface area contributed by atoms with Crippen molar-refractivity contribution in [2.24, 2.45) is 0 Å². The average molecular weight is 941 g/mol. The zero-order valence-electron chi connectivity index (χ0n) is 44.0. The van der Waals surface area contributed by atoms with Gasteiger partial charge in [0.15, 0.2) is 0 Å². The minimum Gasteiger partial charge on any atom is -0.345 e. The fraction of sp³-hybridized carbons (Fsp3) is 0.469. The molecule has 0 aliphatic carbocycles. The summed E-state index contributed by atoms with van der Waals surface area (Å²) in [6, 6.07) is 39.8. The highest BCUT2D eigenvalue weighted by atomic mass is 16.2. The number of unbranched alkanes of at least 4 members (excludes halogenated alkanes) is 16. The molecule has 0 fully saturated rings. The fourth-order valence-corrected chi connectivity index (χ4v) is 10.5. The van der Waals surface area contributed by atoms with Crippen LogP contribution in [-0.2, 0) is 22.4 Å². The largest absolute Gasteiger partial charge is 0.345 e. The smallest absolute Gasteiger partial charge is 0.259 e. The number of benzene rings is 5. The first-order valence-corrected chi connectivity index (χ1v) is 27.7. The topological polar surface area (TPSA) is 47.1 Å². The summed E-state index contributed by atoms with van der Waals surface area (Å²) in [5.74, 6) is -0.125. The van der Waals surface area contributed by atoms with E-state index in [1.807, 2.05) is 9.80 Å². The molecule has 0 spiro atoms. The van der Waals surface area contributed by atoms with E-state index in [1.165, 1.54) is 93.9 Å². The van der Waals surface area contributed by atoms with Crippen molar-refractivity contribution in [2.45, 2.75) is 176 Å². The molecule has 0 N–H and O–H groups in total. The van der Waals surface area contributed by atoms with Gasteiger partial charge in [0.1, 0.15) is 0 Å². The summed E-state index contributed by atoms with van der Waals surface area (Å²) in [6.45, 7) is 12.3. The number of amides is 2. The number of fused-ring (bicyclic) bond motifs is 2. The molecule has 6 nitrogen and oxygen atoms in total. The second-order valence-corrected chi connectivity index (χ2v) is 20.3. The number of hydrogen-bond donors (Lipinski definition) is 0. The molecule has 5 aromatic carbocycles. The molecule has 0 atom stereocenters. The Kier molecular flexibility index (Phi) is 19.8. The van der Waals surface area contributed by atoms with Gasteiger partial charge in [0.25, 0.3) is 11.8 Å². The molecule has 0 saturated carbocycles. The van der Waals surface area contributed by atoms with Gasteiger partial charge in [-0.2, -0.15) is 0 Å². The van der Waals surface area contributed by atoms with E-state index < -0.39 is 0 Å². The number of carbonyl (C=O) groups is 2. The molecule has 2 heterocycles. The van der Waals surface area contributed by atoms with Crippen molar-refractivity contribution >= 4 is 62.8 Å². The van der Waals surface area contributed by atoms with E-state index in [0.29, 0.717) is 24.2 Å². The lowest BCUT2D eigenvalue weighted by Crippen LogP contribution is -2.30. The van der Waals surface area contributed by atoms with Crippen LogP contribution in [0.1, 0.15) is 184 Å². The Labute approximate surface area is 423 Å². The van der Waals surface area contributed by atoms with Gasteiger partial charge in [-0.15, -0.1) is 0 Å². The maximum absolute atomic E-state index is 15.1. The molecule has 0 saturated heterocycles. The van der Waals surface area contributed by atoms with E-state index in [9.17, 15) is 4.79 Å². The normalized spacial score (nSPS) is 14.2. The van der Waals surface area contributed by atoms with Crippen LogP contribution >= 0.6 is 0 Å². The molecule has 6 heteroatoms. The zero-order chi connectivity index (χ0) is 49.2. The summed E-state index contributed by atoms with van der Waals surface area (Å²) in [5, 5.41) is 0. The van der Waals surface area contributed by atoms with Crippen LogP contribution in [0, 0.1) is 6.92 Å². The lowest BCUT2D eigenvalue weighted by Gasteiger charge is -2.28. The number of carbonyl (C=O) groups excluding carboxylic acids is 2. The zero-order valence-corrected chi connectivity index (χ0v) is 44.0. The van der Waals surface area contributed by atoms with Gasteiger partial charge in [-0.1, -0.05) is 167 Å². The number of nitrogens with zero attached hydrogens (tertiary/aromatic N) is 4. The Hall–Kier alpha value is -5.62.